The van der Waals surface area contributed by atoms with Crippen LogP contribution in [0.3, 0.4) is 0 Å². The van der Waals surface area contributed by atoms with Crippen LogP contribution in [0.15, 0.2) is 41.3 Å². The van der Waals surface area contributed by atoms with Crippen LogP contribution in [0.25, 0.3) is 22.4 Å². The zero-order chi connectivity index (χ0) is 26.4. The van der Waals surface area contributed by atoms with Crippen molar-refractivity contribution in [2.45, 2.75) is 55.0 Å². The molecule has 0 amide bonds. The Labute approximate surface area is 224 Å². The van der Waals surface area contributed by atoms with E-state index in [-0.39, 0.29) is 16.6 Å². The third-order valence-corrected chi connectivity index (χ3v) is 10.0. The van der Waals surface area contributed by atoms with Crippen molar-refractivity contribution in [3.8, 4) is 11.4 Å². The third-order valence-electron chi connectivity index (χ3n) is 8.90. The van der Waals surface area contributed by atoms with Gasteiger partial charge in [-0.2, -0.15) is 0 Å². The van der Waals surface area contributed by atoms with Crippen molar-refractivity contribution in [2.24, 2.45) is 7.05 Å². The molecule has 3 aliphatic heterocycles. The molecule has 3 aliphatic rings. The van der Waals surface area contributed by atoms with Crippen LogP contribution in [0, 0.1) is 5.82 Å². The Morgan fingerprint density at radius 1 is 0.895 bits per heavy atom. The number of likely N-dealkylation sites (tertiary alicyclic amines) is 2. The van der Waals surface area contributed by atoms with Gasteiger partial charge in [0.1, 0.15) is 11.3 Å². The summed E-state index contributed by atoms with van der Waals surface area (Å²) in [7, 11) is -1.45. The first-order chi connectivity index (χ1) is 18.3. The molecule has 3 fully saturated rings. The van der Waals surface area contributed by atoms with Crippen molar-refractivity contribution < 1.29 is 17.5 Å². The van der Waals surface area contributed by atoms with Gasteiger partial charge in [-0.05, 0) is 93.6 Å². The monoisotopic (exact) mass is 540 g/mol. The summed E-state index contributed by atoms with van der Waals surface area (Å²) in [6, 6.07) is 11.7. The third kappa shape index (κ3) is 4.90. The van der Waals surface area contributed by atoms with Crippen molar-refractivity contribution in [3.05, 3.63) is 47.8 Å². The molecule has 0 N–H and O–H groups in total. The maximum atomic E-state index is 16.0. The van der Waals surface area contributed by atoms with Gasteiger partial charge in [-0.15, -0.1) is 0 Å². The molecule has 0 radical (unpaired) electrons. The summed E-state index contributed by atoms with van der Waals surface area (Å²) in [6.45, 7) is 6.15. The average Bonchev–Trinajstić information content (AvgIpc) is 3.04. The number of halogens is 1. The van der Waals surface area contributed by atoms with Crippen LogP contribution >= 0.6 is 0 Å². The number of aryl methyl sites for hydroxylation is 1. The second-order valence-corrected chi connectivity index (χ2v) is 13.3. The molecular weight excluding hydrogens is 503 g/mol. The van der Waals surface area contributed by atoms with E-state index in [2.05, 4.69) is 14.8 Å². The molecule has 6 rings (SSSR count). The Hall–Kier alpha value is -2.33. The fraction of sp³-hybridized carbons (Fsp3) is 0.552. The fourth-order valence-corrected chi connectivity index (χ4v) is 7.17. The van der Waals surface area contributed by atoms with Crippen molar-refractivity contribution in [1.29, 1.82) is 0 Å². The van der Waals surface area contributed by atoms with E-state index in [1.807, 2.05) is 19.2 Å². The van der Waals surface area contributed by atoms with Crippen molar-refractivity contribution in [2.75, 3.05) is 45.6 Å². The van der Waals surface area contributed by atoms with Gasteiger partial charge in [0.15, 0.2) is 15.7 Å². The van der Waals surface area contributed by atoms with Gasteiger partial charge in [-0.1, -0.05) is 6.07 Å². The summed E-state index contributed by atoms with van der Waals surface area (Å²) in [5, 5.41) is 0. The Bertz CT molecular complexity index is 1410. The zero-order valence-corrected chi connectivity index (χ0v) is 23.1. The van der Waals surface area contributed by atoms with Crippen molar-refractivity contribution in [1.82, 2.24) is 19.4 Å². The molecule has 1 unspecified atom stereocenters. The highest BCUT2D eigenvalue weighted by atomic mass is 32.2. The van der Waals surface area contributed by atoms with Gasteiger partial charge < -0.3 is 14.2 Å². The summed E-state index contributed by atoms with van der Waals surface area (Å²) < 4.78 is 46.8. The number of aromatic nitrogens is 2. The van der Waals surface area contributed by atoms with E-state index in [9.17, 15) is 8.42 Å². The topological polar surface area (TPSA) is 67.7 Å². The number of imidazole rings is 1. The highest BCUT2D eigenvalue weighted by Crippen LogP contribution is 2.36. The predicted octanol–water partition coefficient (Wildman–Crippen LogP) is 4.22. The molecule has 3 saturated heterocycles. The average molecular weight is 541 g/mol. The van der Waals surface area contributed by atoms with Crippen molar-refractivity contribution in [3.63, 3.8) is 0 Å². The van der Waals surface area contributed by atoms with Crippen LogP contribution in [0.1, 0.15) is 43.6 Å². The maximum absolute atomic E-state index is 16.0. The number of sulfone groups is 1. The minimum Gasteiger partial charge on any atom is -0.378 e. The van der Waals surface area contributed by atoms with Gasteiger partial charge in [0.2, 0.25) is 0 Å². The molecule has 3 aromatic rings. The Morgan fingerprint density at radius 2 is 1.58 bits per heavy atom. The molecule has 7 nitrogen and oxygen atoms in total. The van der Waals surface area contributed by atoms with E-state index in [1.54, 1.807) is 28.8 Å². The van der Waals surface area contributed by atoms with Gasteiger partial charge >= 0.3 is 0 Å². The predicted molar refractivity (Wildman–Crippen MR) is 147 cm³/mol. The van der Waals surface area contributed by atoms with Crippen molar-refractivity contribution >= 4 is 20.9 Å². The minimum absolute atomic E-state index is 0.178. The molecule has 0 saturated carbocycles. The van der Waals surface area contributed by atoms with Gasteiger partial charge in [0.25, 0.3) is 0 Å². The van der Waals surface area contributed by atoms with Crippen LogP contribution in [0.4, 0.5) is 4.39 Å². The first-order valence-corrected chi connectivity index (χ1v) is 15.7. The number of hydrogen-bond donors (Lipinski definition) is 0. The van der Waals surface area contributed by atoms with E-state index in [0.717, 1.165) is 56.8 Å². The van der Waals surface area contributed by atoms with E-state index in [1.165, 1.54) is 32.1 Å². The first-order valence-electron chi connectivity index (χ1n) is 13.8. The number of rotatable bonds is 5. The SMILES string of the molecule is Cn1c(-c2ccc(S(C)(=O)=O)cc2)nc2ccc(C3CCN(C4CCCN(C5COC5)CC4)CC3)c(F)c21. The quantitative estimate of drug-likeness (QED) is 0.483. The fourth-order valence-electron chi connectivity index (χ4n) is 6.54. The molecule has 1 atom stereocenters. The number of hydrogen-bond acceptors (Lipinski definition) is 6. The van der Waals surface area contributed by atoms with E-state index < -0.39 is 9.84 Å². The molecule has 4 heterocycles. The summed E-state index contributed by atoms with van der Waals surface area (Å²) in [6.07, 6.45) is 6.83. The van der Waals surface area contributed by atoms with Crippen LogP contribution in [0.5, 0.6) is 0 Å². The largest absolute Gasteiger partial charge is 0.378 e. The Balaban J connectivity index is 1.16. The highest BCUT2D eigenvalue weighted by molar-refractivity contribution is 7.90. The first kappa shape index (κ1) is 25.9. The minimum atomic E-state index is -3.28. The van der Waals surface area contributed by atoms with Crippen LogP contribution in [0.2, 0.25) is 0 Å². The molecule has 0 bridgehead atoms. The Kier molecular flexibility index (Phi) is 7.05. The van der Waals surface area contributed by atoms with Gasteiger partial charge in [0.05, 0.1) is 29.7 Å². The summed E-state index contributed by atoms with van der Waals surface area (Å²) in [5.74, 6) is 0.655. The molecule has 204 valence electrons. The lowest BCUT2D eigenvalue weighted by Crippen LogP contribution is -2.49. The number of ether oxygens (including phenoxy) is 1. The van der Waals surface area contributed by atoms with Crippen LogP contribution in [-0.4, -0.2) is 85.5 Å². The van der Waals surface area contributed by atoms with Gasteiger partial charge in [0, 0.05) is 31.5 Å². The zero-order valence-electron chi connectivity index (χ0n) is 22.3. The normalized spacial score (nSPS) is 23.0. The van der Waals surface area contributed by atoms with Gasteiger partial charge in [-0.25, -0.2) is 17.8 Å². The summed E-state index contributed by atoms with van der Waals surface area (Å²) in [5.41, 5.74) is 2.68. The second-order valence-electron chi connectivity index (χ2n) is 11.2. The molecule has 1 aromatic heterocycles. The number of piperidine rings is 1. The number of nitrogens with zero attached hydrogens (tertiary/aromatic N) is 4. The standard InChI is InChI=1S/C29H37FN4O3S/c1-32-28-26(31-29(32)21-5-7-24(8-6-21)38(2,35)36)10-9-25(27(28)30)20-11-15-34(16-12-20)22-4-3-14-33(17-13-22)23-18-37-19-23/h5-10,20,22-23H,3-4,11-19H2,1-2H3. The summed E-state index contributed by atoms with van der Waals surface area (Å²) in [4.78, 5) is 10.2. The lowest BCUT2D eigenvalue weighted by Gasteiger charge is -2.38. The maximum Gasteiger partial charge on any atom is 0.175 e. The second kappa shape index (κ2) is 10.3. The lowest BCUT2D eigenvalue weighted by molar-refractivity contribution is -0.0641. The number of benzene rings is 2. The van der Waals surface area contributed by atoms with Crippen LogP contribution in [-0.2, 0) is 21.6 Å². The Morgan fingerprint density at radius 3 is 2.24 bits per heavy atom. The molecule has 0 spiro atoms. The van der Waals surface area contributed by atoms with E-state index >= 15 is 4.39 Å². The number of fused-ring (bicyclic) bond motifs is 1. The highest BCUT2D eigenvalue weighted by Gasteiger charge is 2.32. The van der Waals surface area contributed by atoms with E-state index in [0.29, 0.717) is 28.9 Å². The summed E-state index contributed by atoms with van der Waals surface area (Å²) >= 11 is 0. The molecule has 2 aromatic carbocycles. The smallest absolute Gasteiger partial charge is 0.175 e. The molecular formula is C29H37FN4O3S. The van der Waals surface area contributed by atoms with Crippen LogP contribution < -0.4 is 0 Å². The molecule has 38 heavy (non-hydrogen) atoms. The molecule has 0 aliphatic carbocycles. The lowest BCUT2D eigenvalue weighted by atomic mass is 9.87. The van der Waals surface area contributed by atoms with E-state index in [4.69, 9.17) is 4.74 Å². The van der Waals surface area contributed by atoms with Gasteiger partial charge in [-0.3, -0.25) is 4.90 Å². The molecule has 9 heteroatoms.